The van der Waals surface area contributed by atoms with E-state index in [0.29, 0.717) is 5.69 Å². The van der Waals surface area contributed by atoms with Gasteiger partial charge in [0.25, 0.3) is 0 Å². The van der Waals surface area contributed by atoms with Crippen molar-refractivity contribution in [2.45, 2.75) is 18.9 Å². The molecule has 2 N–H and O–H groups in total. The molecule has 0 bridgehead atoms. The zero-order valence-electron chi connectivity index (χ0n) is 9.57. The van der Waals surface area contributed by atoms with E-state index in [4.69, 9.17) is 9.84 Å². The molecule has 1 aliphatic heterocycles. The minimum absolute atomic E-state index is 0.0309. The second-order valence-electron chi connectivity index (χ2n) is 4.02. The van der Waals surface area contributed by atoms with Gasteiger partial charge in [-0.3, -0.25) is 9.69 Å². The summed E-state index contributed by atoms with van der Waals surface area (Å²) in [5.74, 6) is -0.955. The Morgan fingerprint density at radius 2 is 2.17 bits per heavy atom. The Hall–Kier alpha value is -2.24. The van der Waals surface area contributed by atoms with E-state index >= 15 is 0 Å². The first kappa shape index (κ1) is 12.2. The summed E-state index contributed by atoms with van der Waals surface area (Å²) in [5.41, 5.74) is 0.343. The maximum atomic E-state index is 11.6. The van der Waals surface area contributed by atoms with Crippen molar-refractivity contribution < 1.29 is 24.5 Å². The molecule has 1 aliphatic rings. The number of para-hydroxylation sites is 2. The fourth-order valence-corrected chi connectivity index (χ4v) is 1.93. The molecule has 1 unspecified atom stereocenters. The number of carbonyl (C=O) groups excluding carboxylic acids is 1. The number of rotatable bonds is 4. The predicted molar refractivity (Wildman–Crippen MR) is 62.6 cm³/mol. The van der Waals surface area contributed by atoms with E-state index in [1.54, 1.807) is 18.2 Å². The number of nitrogens with zero attached hydrogens (tertiary/aromatic N) is 1. The van der Waals surface area contributed by atoms with Crippen molar-refractivity contribution in [3.8, 4) is 5.75 Å². The Labute approximate surface area is 103 Å². The minimum Gasteiger partial charge on any atom is -0.506 e. The molecule has 1 amide bonds. The number of phenols is 1. The first-order valence-electron chi connectivity index (χ1n) is 5.55. The van der Waals surface area contributed by atoms with E-state index in [9.17, 15) is 14.7 Å². The molecular formula is C12H13NO5. The lowest BCUT2D eigenvalue weighted by Crippen LogP contribution is -2.33. The van der Waals surface area contributed by atoms with E-state index in [-0.39, 0.29) is 31.2 Å². The standard InChI is InChI=1S/C12H13NO5/c14-10-4-2-1-3-9(10)13-8(5-6-11(15)16)7-18-12(13)17/h1-4,8,14H,5-7H2,(H,15,16). The summed E-state index contributed by atoms with van der Waals surface area (Å²) in [6.07, 6.45) is -0.326. The summed E-state index contributed by atoms with van der Waals surface area (Å²) in [6, 6.07) is 6.04. The number of hydrogen-bond donors (Lipinski definition) is 2. The van der Waals surface area contributed by atoms with Gasteiger partial charge in [-0.2, -0.15) is 0 Å². The number of amides is 1. The van der Waals surface area contributed by atoms with Crippen LogP contribution in [0.25, 0.3) is 0 Å². The molecule has 1 heterocycles. The number of hydrogen-bond acceptors (Lipinski definition) is 4. The summed E-state index contributed by atoms with van der Waals surface area (Å²) < 4.78 is 4.90. The number of aromatic hydroxyl groups is 1. The highest BCUT2D eigenvalue weighted by molar-refractivity contribution is 5.92. The van der Waals surface area contributed by atoms with E-state index < -0.39 is 12.1 Å². The van der Waals surface area contributed by atoms with Crippen LogP contribution in [0.2, 0.25) is 0 Å². The average molecular weight is 251 g/mol. The van der Waals surface area contributed by atoms with Crippen molar-refractivity contribution in [3.63, 3.8) is 0 Å². The second kappa shape index (κ2) is 4.95. The number of benzene rings is 1. The van der Waals surface area contributed by atoms with E-state index in [1.165, 1.54) is 11.0 Å². The van der Waals surface area contributed by atoms with Crippen molar-refractivity contribution in [1.29, 1.82) is 0 Å². The monoisotopic (exact) mass is 251 g/mol. The Balaban J connectivity index is 2.20. The normalized spacial score (nSPS) is 18.8. The quantitative estimate of drug-likeness (QED) is 0.848. The van der Waals surface area contributed by atoms with Gasteiger partial charge in [-0.25, -0.2) is 4.79 Å². The molecule has 6 heteroatoms. The van der Waals surface area contributed by atoms with Crippen LogP contribution in [0.4, 0.5) is 10.5 Å². The zero-order chi connectivity index (χ0) is 13.1. The average Bonchev–Trinajstić information content (AvgIpc) is 2.69. The molecule has 18 heavy (non-hydrogen) atoms. The number of carboxylic acid groups (broad SMARTS) is 1. The van der Waals surface area contributed by atoms with Gasteiger partial charge in [-0.15, -0.1) is 0 Å². The Kier molecular flexibility index (Phi) is 3.36. The van der Waals surface area contributed by atoms with Crippen LogP contribution in [0.15, 0.2) is 24.3 Å². The molecule has 0 aliphatic carbocycles. The van der Waals surface area contributed by atoms with Crippen LogP contribution in [0.1, 0.15) is 12.8 Å². The highest BCUT2D eigenvalue weighted by Crippen LogP contribution is 2.32. The molecule has 6 nitrogen and oxygen atoms in total. The molecule has 2 rings (SSSR count). The van der Waals surface area contributed by atoms with Crippen LogP contribution >= 0.6 is 0 Å². The fraction of sp³-hybridized carbons (Fsp3) is 0.333. The maximum Gasteiger partial charge on any atom is 0.414 e. The summed E-state index contributed by atoms with van der Waals surface area (Å²) >= 11 is 0. The topological polar surface area (TPSA) is 87.1 Å². The third kappa shape index (κ3) is 2.37. The molecule has 0 saturated carbocycles. The maximum absolute atomic E-state index is 11.6. The van der Waals surface area contributed by atoms with Gasteiger partial charge in [0.2, 0.25) is 0 Å². The molecular weight excluding hydrogens is 238 g/mol. The van der Waals surface area contributed by atoms with E-state index in [0.717, 1.165) is 0 Å². The lowest BCUT2D eigenvalue weighted by Gasteiger charge is -2.21. The largest absolute Gasteiger partial charge is 0.506 e. The third-order valence-corrected chi connectivity index (χ3v) is 2.79. The fourth-order valence-electron chi connectivity index (χ4n) is 1.93. The lowest BCUT2D eigenvalue weighted by atomic mass is 10.1. The number of anilines is 1. The number of aliphatic carboxylic acids is 1. The molecule has 96 valence electrons. The molecule has 0 aromatic heterocycles. The highest BCUT2D eigenvalue weighted by Gasteiger charge is 2.35. The molecule has 1 atom stereocenters. The van der Waals surface area contributed by atoms with E-state index in [1.807, 2.05) is 0 Å². The SMILES string of the molecule is O=C(O)CCC1COC(=O)N1c1ccccc1O. The Morgan fingerprint density at radius 1 is 1.44 bits per heavy atom. The van der Waals surface area contributed by atoms with Gasteiger partial charge in [0.1, 0.15) is 12.4 Å². The third-order valence-electron chi connectivity index (χ3n) is 2.79. The summed E-state index contributed by atoms with van der Waals surface area (Å²) in [7, 11) is 0. The van der Waals surface area contributed by atoms with Gasteiger partial charge < -0.3 is 14.9 Å². The number of phenolic OH excluding ortho intramolecular Hbond substituents is 1. The molecule has 1 fully saturated rings. The summed E-state index contributed by atoms with van der Waals surface area (Å²) in [4.78, 5) is 23.5. The number of cyclic esters (lactones) is 1. The smallest absolute Gasteiger partial charge is 0.414 e. The highest BCUT2D eigenvalue weighted by atomic mass is 16.6. The van der Waals surface area contributed by atoms with Crippen molar-refractivity contribution >= 4 is 17.7 Å². The number of ether oxygens (including phenoxy) is 1. The predicted octanol–water partition coefficient (Wildman–Crippen LogP) is 1.58. The first-order valence-corrected chi connectivity index (χ1v) is 5.55. The van der Waals surface area contributed by atoms with Gasteiger partial charge in [-0.1, -0.05) is 12.1 Å². The van der Waals surface area contributed by atoms with Crippen molar-refractivity contribution in [2.24, 2.45) is 0 Å². The Morgan fingerprint density at radius 3 is 2.83 bits per heavy atom. The van der Waals surface area contributed by atoms with Crippen LogP contribution in [-0.2, 0) is 9.53 Å². The number of carboxylic acids is 1. The van der Waals surface area contributed by atoms with Crippen molar-refractivity contribution in [1.82, 2.24) is 0 Å². The van der Waals surface area contributed by atoms with Crippen molar-refractivity contribution in [2.75, 3.05) is 11.5 Å². The van der Waals surface area contributed by atoms with Gasteiger partial charge in [0.05, 0.1) is 11.7 Å². The van der Waals surface area contributed by atoms with Gasteiger partial charge >= 0.3 is 12.1 Å². The molecule has 1 saturated heterocycles. The van der Waals surface area contributed by atoms with Crippen LogP contribution < -0.4 is 4.90 Å². The first-order chi connectivity index (χ1) is 8.59. The number of carbonyl (C=O) groups is 2. The van der Waals surface area contributed by atoms with Gasteiger partial charge in [-0.05, 0) is 18.6 Å². The lowest BCUT2D eigenvalue weighted by molar-refractivity contribution is -0.137. The molecule has 0 radical (unpaired) electrons. The Bertz CT molecular complexity index is 473. The molecule has 1 aromatic rings. The second-order valence-corrected chi connectivity index (χ2v) is 4.02. The summed E-state index contributed by atoms with van der Waals surface area (Å²) in [5, 5.41) is 18.4. The van der Waals surface area contributed by atoms with Crippen LogP contribution in [-0.4, -0.2) is 34.9 Å². The molecule has 1 aromatic carbocycles. The van der Waals surface area contributed by atoms with Gasteiger partial charge in [0.15, 0.2) is 0 Å². The minimum atomic E-state index is -0.924. The molecule has 0 spiro atoms. The van der Waals surface area contributed by atoms with E-state index in [2.05, 4.69) is 0 Å². The zero-order valence-corrected chi connectivity index (χ0v) is 9.57. The van der Waals surface area contributed by atoms with Crippen LogP contribution in [0.3, 0.4) is 0 Å². The van der Waals surface area contributed by atoms with Crippen LogP contribution in [0, 0.1) is 0 Å². The summed E-state index contributed by atoms with van der Waals surface area (Å²) in [6.45, 7) is 0.139. The van der Waals surface area contributed by atoms with Crippen molar-refractivity contribution in [3.05, 3.63) is 24.3 Å². The van der Waals surface area contributed by atoms with Gasteiger partial charge in [0, 0.05) is 6.42 Å². The van der Waals surface area contributed by atoms with Crippen LogP contribution in [0.5, 0.6) is 5.75 Å².